The Hall–Kier alpha value is -1.25. The van der Waals surface area contributed by atoms with Gasteiger partial charge in [-0.15, -0.1) is 0 Å². The predicted octanol–water partition coefficient (Wildman–Crippen LogP) is 4.60. The van der Waals surface area contributed by atoms with E-state index in [2.05, 4.69) is 0 Å². The fraction of sp³-hybridized carbons (Fsp3) is 0.214. The minimum absolute atomic E-state index is 0.0578. The van der Waals surface area contributed by atoms with E-state index in [0.717, 1.165) is 22.6 Å². The van der Waals surface area contributed by atoms with Crippen molar-refractivity contribution in [1.82, 2.24) is 4.57 Å². The number of carbonyl (C=O) groups excluding carboxylic acids is 1. The highest BCUT2D eigenvalue weighted by atomic mass is 35.5. The maximum Gasteiger partial charge on any atom is 0.161 e. The molecule has 0 amide bonds. The van der Waals surface area contributed by atoms with Crippen molar-refractivity contribution in [3.8, 4) is 5.69 Å². The molecule has 18 heavy (non-hydrogen) atoms. The maximum absolute atomic E-state index is 11.5. The second-order valence-corrected chi connectivity index (χ2v) is 5.18. The zero-order chi connectivity index (χ0) is 13.4. The van der Waals surface area contributed by atoms with E-state index in [4.69, 9.17) is 23.2 Å². The van der Waals surface area contributed by atoms with Crippen molar-refractivity contribution in [3.63, 3.8) is 0 Å². The molecule has 0 saturated carbocycles. The number of hydrogen-bond acceptors (Lipinski definition) is 1. The van der Waals surface area contributed by atoms with Gasteiger partial charge in [-0.25, -0.2) is 0 Å². The van der Waals surface area contributed by atoms with Crippen molar-refractivity contribution in [2.75, 3.05) is 0 Å². The van der Waals surface area contributed by atoms with E-state index in [0.29, 0.717) is 10.0 Å². The maximum atomic E-state index is 11.5. The Morgan fingerprint density at radius 2 is 1.61 bits per heavy atom. The predicted molar refractivity (Wildman–Crippen MR) is 75.3 cm³/mol. The lowest BCUT2D eigenvalue weighted by Crippen LogP contribution is -2.01. The molecule has 2 aromatic rings. The van der Waals surface area contributed by atoms with Crippen LogP contribution in [0.2, 0.25) is 10.0 Å². The van der Waals surface area contributed by atoms with Crippen LogP contribution in [-0.2, 0) is 0 Å². The van der Waals surface area contributed by atoms with Gasteiger partial charge in [-0.2, -0.15) is 0 Å². The number of ketones is 1. The number of halogens is 2. The van der Waals surface area contributed by atoms with Gasteiger partial charge in [0.2, 0.25) is 0 Å². The van der Waals surface area contributed by atoms with Gasteiger partial charge in [0, 0.05) is 32.7 Å². The van der Waals surface area contributed by atoms with E-state index in [1.54, 1.807) is 13.0 Å². The molecule has 0 atom stereocenters. The van der Waals surface area contributed by atoms with E-state index in [-0.39, 0.29) is 5.78 Å². The molecule has 94 valence electrons. The summed E-state index contributed by atoms with van der Waals surface area (Å²) >= 11 is 12.0. The Bertz CT molecular complexity index is 609. The highest BCUT2D eigenvalue weighted by Gasteiger charge is 2.14. The Labute approximate surface area is 116 Å². The first-order chi connectivity index (χ1) is 8.40. The third kappa shape index (κ3) is 2.31. The third-order valence-electron chi connectivity index (χ3n) is 2.92. The highest BCUT2D eigenvalue weighted by molar-refractivity contribution is 6.34. The highest BCUT2D eigenvalue weighted by Crippen LogP contribution is 2.26. The van der Waals surface area contributed by atoms with E-state index < -0.39 is 0 Å². The van der Waals surface area contributed by atoms with Gasteiger partial charge >= 0.3 is 0 Å². The Kier molecular flexibility index (Phi) is 3.51. The van der Waals surface area contributed by atoms with E-state index in [9.17, 15) is 4.79 Å². The smallest absolute Gasteiger partial charge is 0.161 e. The van der Waals surface area contributed by atoms with Gasteiger partial charge < -0.3 is 4.57 Å². The molecule has 1 aromatic carbocycles. The van der Waals surface area contributed by atoms with Crippen molar-refractivity contribution in [1.29, 1.82) is 0 Å². The number of hydrogen-bond donors (Lipinski definition) is 0. The van der Waals surface area contributed by atoms with Crippen LogP contribution in [-0.4, -0.2) is 10.4 Å². The largest absolute Gasteiger partial charge is 0.318 e. The summed E-state index contributed by atoms with van der Waals surface area (Å²) < 4.78 is 1.98. The van der Waals surface area contributed by atoms with Crippen LogP contribution in [0, 0.1) is 13.8 Å². The SMILES string of the molecule is CC(=O)c1cc(C)n(-c2cc(Cl)cc(Cl)c2)c1C. The molecule has 0 aliphatic carbocycles. The first-order valence-corrected chi connectivity index (χ1v) is 6.32. The topological polar surface area (TPSA) is 22.0 Å². The Morgan fingerprint density at radius 1 is 1.06 bits per heavy atom. The molecule has 0 fully saturated rings. The summed E-state index contributed by atoms with van der Waals surface area (Å²) in [5.41, 5.74) is 3.48. The molecule has 0 radical (unpaired) electrons. The number of benzene rings is 1. The summed E-state index contributed by atoms with van der Waals surface area (Å²) in [7, 11) is 0. The average Bonchev–Trinajstić information content (AvgIpc) is 2.52. The lowest BCUT2D eigenvalue weighted by atomic mass is 10.2. The molecule has 0 aliphatic rings. The molecule has 4 heteroatoms. The van der Waals surface area contributed by atoms with Crippen molar-refractivity contribution in [2.45, 2.75) is 20.8 Å². The summed E-state index contributed by atoms with van der Waals surface area (Å²) in [6.45, 7) is 5.43. The van der Waals surface area contributed by atoms with Crippen LogP contribution in [0.15, 0.2) is 24.3 Å². The standard InChI is InChI=1S/C14H13Cl2NO/c1-8-4-14(10(3)18)9(2)17(8)13-6-11(15)5-12(16)7-13/h4-7H,1-3H3. The van der Waals surface area contributed by atoms with Gasteiger partial charge in [0.25, 0.3) is 0 Å². The normalized spacial score (nSPS) is 10.7. The molecule has 0 N–H and O–H groups in total. The minimum Gasteiger partial charge on any atom is -0.318 e. The third-order valence-corrected chi connectivity index (χ3v) is 3.35. The van der Waals surface area contributed by atoms with E-state index in [1.165, 1.54) is 0 Å². The summed E-state index contributed by atoms with van der Waals surface area (Å²) in [5.74, 6) is 0.0578. The van der Waals surface area contributed by atoms with Crippen molar-refractivity contribution in [3.05, 3.63) is 51.3 Å². The molecule has 0 spiro atoms. The summed E-state index contributed by atoms with van der Waals surface area (Å²) in [6.07, 6.45) is 0. The number of Topliss-reactive ketones (excluding diaryl/α,β-unsaturated/α-hetero) is 1. The van der Waals surface area contributed by atoms with Gasteiger partial charge in [-0.1, -0.05) is 23.2 Å². The van der Waals surface area contributed by atoms with Gasteiger partial charge in [-0.3, -0.25) is 4.79 Å². The second kappa shape index (κ2) is 4.79. The molecular formula is C14H13Cl2NO. The number of carbonyl (C=O) groups is 1. The summed E-state index contributed by atoms with van der Waals surface area (Å²) in [6, 6.07) is 7.23. The lowest BCUT2D eigenvalue weighted by Gasteiger charge is -2.10. The monoisotopic (exact) mass is 281 g/mol. The van der Waals surface area contributed by atoms with Crippen LogP contribution < -0.4 is 0 Å². The van der Waals surface area contributed by atoms with Crippen LogP contribution in [0.4, 0.5) is 0 Å². The van der Waals surface area contributed by atoms with Gasteiger partial charge in [-0.05, 0) is 45.0 Å². The minimum atomic E-state index is 0.0578. The van der Waals surface area contributed by atoms with E-state index in [1.807, 2.05) is 36.6 Å². The average molecular weight is 282 g/mol. The molecule has 0 aliphatic heterocycles. The fourth-order valence-corrected chi connectivity index (χ4v) is 2.70. The molecule has 0 unspecified atom stereocenters. The molecule has 1 aromatic heterocycles. The van der Waals surface area contributed by atoms with Crippen LogP contribution in [0.5, 0.6) is 0 Å². The second-order valence-electron chi connectivity index (χ2n) is 4.30. The first kappa shape index (κ1) is 13.2. The van der Waals surface area contributed by atoms with Crippen LogP contribution in [0.25, 0.3) is 5.69 Å². The van der Waals surface area contributed by atoms with Gasteiger partial charge in [0.05, 0.1) is 0 Å². The summed E-state index contributed by atoms with van der Waals surface area (Å²) in [5, 5.41) is 1.16. The Morgan fingerprint density at radius 3 is 2.06 bits per heavy atom. The number of rotatable bonds is 2. The Balaban J connectivity index is 2.67. The van der Waals surface area contributed by atoms with Crippen molar-refractivity contribution in [2.24, 2.45) is 0 Å². The molecule has 0 saturated heterocycles. The molecular weight excluding hydrogens is 269 g/mol. The van der Waals surface area contributed by atoms with Crippen molar-refractivity contribution < 1.29 is 4.79 Å². The number of nitrogens with zero attached hydrogens (tertiary/aromatic N) is 1. The van der Waals surface area contributed by atoms with Crippen LogP contribution in [0.3, 0.4) is 0 Å². The van der Waals surface area contributed by atoms with Crippen molar-refractivity contribution >= 4 is 29.0 Å². The lowest BCUT2D eigenvalue weighted by molar-refractivity contribution is 0.101. The molecule has 1 heterocycles. The molecule has 2 nitrogen and oxygen atoms in total. The fourth-order valence-electron chi connectivity index (χ4n) is 2.18. The van der Waals surface area contributed by atoms with Gasteiger partial charge in [0.1, 0.15) is 0 Å². The number of aryl methyl sites for hydroxylation is 1. The number of aromatic nitrogens is 1. The van der Waals surface area contributed by atoms with E-state index >= 15 is 0 Å². The first-order valence-electron chi connectivity index (χ1n) is 5.56. The van der Waals surface area contributed by atoms with Gasteiger partial charge in [0.15, 0.2) is 5.78 Å². The molecule has 2 rings (SSSR count). The van der Waals surface area contributed by atoms with Crippen LogP contribution >= 0.6 is 23.2 Å². The molecule has 0 bridgehead atoms. The zero-order valence-electron chi connectivity index (χ0n) is 10.4. The van der Waals surface area contributed by atoms with Crippen LogP contribution in [0.1, 0.15) is 28.7 Å². The quantitative estimate of drug-likeness (QED) is 0.737. The zero-order valence-corrected chi connectivity index (χ0v) is 11.9. The summed E-state index contributed by atoms with van der Waals surface area (Å²) in [4.78, 5) is 11.5.